The Kier molecular flexibility index (Phi) is 6.27. The summed E-state index contributed by atoms with van der Waals surface area (Å²) in [5.41, 5.74) is 2.12. The van der Waals surface area contributed by atoms with Gasteiger partial charge in [-0.05, 0) is 65.0 Å². The second-order valence-electron chi connectivity index (χ2n) is 6.39. The van der Waals surface area contributed by atoms with Crippen molar-refractivity contribution in [1.29, 1.82) is 0 Å². The van der Waals surface area contributed by atoms with Gasteiger partial charge < -0.3 is 14.3 Å². The number of halogens is 1. The first kappa shape index (κ1) is 18.9. The highest BCUT2D eigenvalue weighted by atomic mass is 79.9. The third-order valence-corrected chi connectivity index (χ3v) is 5.35. The van der Waals surface area contributed by atoms with Crippen LogP contribution in [0.4, 0.5) is 0 Å². The molecule has 1 aromatic carbocycles. The number of pyridine rings is 1. The lowest BCUT2D eigenvalue weighted by Gasteiger charge is -2.41. The Labute approximate surface area is 162 Å². The number of ether oxygens (including phenoxy) is 2. The van der Waals surface area contributed by atoms with Gasteiger partial charge in [0.15, 0.2) is 0 Å². The van der Waals surface area contributed by atoms with Crippen molar-refractivity contribution in [3.8, 4) is 11.5 Å². The number of aromatic nitrogens is 1. The lowest BCUT2D eigenvalue weighted by atomic mass is 9.89. The van der Waals surface area contributed by atoms with Gasteiger partial charge in [-0.25, -0.2) is 4.98 Å². The lowest BCUT2D eigenvalue weighted by Crippen LogP contribution is -2.42. The minimum atomic E-state index is -0.129. The van der Waals surface area contributed by atoms with Crippen LogP contribution in [0.15, 0.2) is 41.1 Å². The average Bonchev–Trinajstić information content (AvgIpc) is 2.67. The summed E-state index contributed by atoms with van der Waals surface area (Å²) in [6, 6.07) is 9.72. The Morgan fingerprint density at radius 1 is 1.23 bits per heavy atom. The van der Waals surface area contributed by atoms with E-state index in [0.29, 0.717) is 6.54 Å². The highest BCUT2D eigenvalue weighted by Gasteiger charge is 2.34. The zero-order valence-electron chi connectivity index (χ0n) is 15.0. The van der Waals surface area contributed by atoms with Gasteiger partial charge in [0.2, 0.25) is 0 Å². The summed E-state index contributed by atoms with van der Waals surface area (Å²) in [6.45, 7) is 0.663. The van der Waals surface area contributed by atoms with Gasteiger partial charge >= 0.3 is 0 Å². The normalized spacial score (nSPS) is 20.6. The molecule has 0 aliphatic carbocycles. The summed E-state index contributed by atoms with van der Waals surface area (Å²) in [6.07, 6.45) is 5.64. The monoisotopic (exact) mass is 418 g/mol. The van der Waals surface area contributed by atoms with Crippen molar-refractivity contribution >= 4 is 22.2 Å². The summed E-state index contributed by atoms with van der Waals surface area (Å²) >= 11 is 3.43. The van der Waals surface area contributed by atoms with Crippen molar-refractivity contribution in [2.24, 2.45) is 0 Å². The van der Waals surface area contributed by atoms with Crippen LogP contribution in [0.25, 0.3) is 0 Å². The van der Waals surface area contributed by atoms with Crippen LogP contribution in [0, 0.1) is 0 Å². The molecule has 3 rings (SSSR count). The molecule has 2 heterocycles. The standard InChI is InChI=1S/C20H23BrN2O3/c1-25-17-7-4-8-18(26-2)20(17)16-6-3-5-15(13-24)23(16)12-14-9-10-22-19(21)11-14/h4,7-11,13,15-16H,3,5-6,12H2,1-2H3. The molecule has 2 unspecified atom stereocenters. The van der Waals surface area contributed by atoms with Crippen molar-refractivity contribution in [3.63, 3.8) is 0 Å². The third-order valence-electron chi connectivity index (χ3n) is 4.92. The second kappa shape index (κ2) is 8.64. The number of carbonyl (C=O) groups is 1. The molecule has 1 aromatic heterocycles. The highest BCUT2D eigenvalue weighted by Crippen LogP contribution is 2.43. The smallest absolute Gasteiger partial charge is 0.137 e. The zero-order chi connectivity index (χ0) is 18.5. The maximum Gasteiger partial charge on any atom is 0.137 e. The number of likely N-dealkylation sites (tertiary alicyclic amines) is 1. The van der Waals surface area contributed by atoms with Crippen LogP contribution in [-0.4, -0.2) is 36.4 Å². The Morgan fingerprint density at radius 3 is 2.58 bits per heavy atom. The first-order valence-electron chi connectivity index (χ1n) is 8.70. The SMILES string of the molecule is COc1cccc(OC)c1C1CCCC(C=O)N1Cc1ccnc(Br)c1. The van der Waals surface area contributed by atoms with Gasteiger partial charge in [0.05, 0.1) is 25.8 Å². The number of rotatable bonds is 6. The fraction of sp³-hybridized carbons (Fsp3) is 0.400. The number of hydrogen-bond acceptors (Lipinski definition) is 5. The molecule has 1 saturated heterocycles. The molecule has 1 aliphatic heterocycles. The average molecular weight is 419 g/mol. The van der Waals surface area contributed by atoms with E-state index in [0.717, 1.165) is 52.8 Å². The molecule has 0 N–H and O–H groups in total. The molecule has 1 fully saturated rings. The van der Waals surface area contributed by atoms with E-state index in [2.05, 4.69) is 25.8 Å². The van der Waals surface area contributed by atoms with Crippen molar-refractivity contribution in [1.82, 2.24) is 9.88 Å². The van der Waals surface area contributed by atoms with Crippen molar-refractivity contribution < 1.29 is 14.3 Å². The molecule has 0 amide bonds. The van der Waals surface area contributed by atoms with Crippen LogP contribution in [0.3, 0.4) is 0 Å². The molecule has 0 saturated carbocycles. The van der Waals surface area contributed by atoms with Crippen molar-refractivity contribution in [2.45, 2.75) is 37.9 Å². The third kappa shape index (κ3) is 3.91. The van der Waals surface area contributed by atoms with Crippen LogP contribution < -0.4 is 9.47 Å². The molecule has 138 valence electrons. The molecule has 1 aliphatic rings. The minimum Gasteiger partial charge on any atom is -0.496 e. The van der Waals surface area contributed by atoms with Crippen molar-refractivity contribution in [3.05, 3.63) is 52.3 Å². The second-order valence-corrected chi connectivity index (χ2v) is 7.20. The van der Waals surface area contributed by atoms with Gasteiger partial charge in [-0.3, -0.25) is 4.90 Å². The van der Waals surface area contributed by atoms with E-state index < -0.39 is 0 Å². The first-order valence-corrected chi connectivity index (χ1v) is 9.49. The molecule has 0 bridgehead atoms. The number of nitrogens with zero attached hydrogens (tertiary/aromatic N) is 2. The summed E-state index contributed by atoms with van der Waals surface area (Å²) in [4.78, 5) is 18.2. The highest BCUT2D eigenvalue weighted by molar-refractivity contribution is 9.10. The maximum absolute atomic E-state index is 11.8. The summed E-state index contributed by atoms with van der Waals surface area (Å²) in [5, 5.41) is 0. The van der Waals surface area contributed by atoms with Crippen LogP contribution in [0.1, 0.15) is 36.4 Å². The summed E-state index contributed by atoms with van der Waals surface area (Å²) in [5.74, 6) is 1.59. The molecule has 0 spiro atoms. The number of benzene rings is 1. The van der Waals surface area contributed by atoms with Gasteiger partial charge in [-0.1, -0.05) is 6.07 Å². The fourth-order valence-electron chi connectivity index (χ4n) is 3.73. The predicted molar refractivity (Wildman–Crippen MR) is 103 cm³/mol. The first-order chi connectivity index (χ1) is 12.7. The zero-order valence-corrected chi connectivity index (χ0v) is 16.6. The summed E-state index contributed by atoms with van der Waals surface area (Å²) < 4.78 is 12.0. The quantitative estimate of drug-likeness (QED) is 0.520. The van der Waals surface area contributed by atoms with E-state index in [9.17, 15) is 4.79 Å². The Hall–Kier alpha value is -1.92. The molecule has 2 aromatic rings. The topological polar surface area (TPSA) is 51.7 Å². The molecule has 5 nitrogen and oxygen atoms in total. The molecular formula is C20H23BrN2O3. The maximum atomic E-state index is 11.8. The Morgan fingerprint density at radius 2 is 1.96 bits per heavy atom. The van der Waals surface area contributed by atoms with Crippen LogP contribution in [0.2, 0.25) is 0 Å². The van der Waals surface area contributed by atoms with E-state index in [1.807, 2.05) is 30.3 Å². The predicted octanol–water partition coefficient (Wildman–Crippen LogP) is 4.16. The molecule has 0 radical (unpaired) electrons. The Balaban J connectivity index is 2.02. The molecular weight excluding hydrogens is 396 g/mol. The number of piperidine rings is 1. The summed E-state index contributed by atoms with van der Waals surface area (Å²) in [7, 11) is 3.34. The van der Waals surface area contributed by atoms with E-state index in [-0.39, 0.29) is 12.1 Å². The molecule has 26 heavy (non-hydrogen) atoms. The van der Waals surface area contributed by atoms with E-state index in [1.165, 1.54) is 0 Å². The number of methoxy groups -OCH3 is 2. The van der Waals surface area contributed by atoms with Gasteiger partial charge in [0.1, 0.15) is 22.4 Å². The molecule has 6 heteroatoms. The van der Waals surface area contributed by atoms with Gasteiger partial charge in [-0.2, -0.15) is 0 Å². The van der Waals surface area contributed by atoms with E-state index in [1.54, 1.807) is 20.4 Å². The van der Waals surface area contributed by atoms with E-state index in [4.69, 9.17) is 9.47 Å². The van der Waals surface area contributed by atoms with Gasteiger partial charge in [-0.15, -0.1) is 0 Å². The van der Waals surface area contributed by atoms with Crippen molar-refractivity contribution in [2.75, 3.05) is 14.2 Å². The van der Waals surface area contributed by atoms with Crippen LogP contribution in [-0.2, 0) is 11.3 Å². The minimum absolute atomic E-state index is 0.0528. The van der Waals surface area contributed by atoms with E-state index >= 15 is 0 Å². The lowest BCUT2D eigenvalue weighted by molar-refractivity contribution is -0.115. The van der Waals surface area contributed by atoms with Crippen LogP contribution in [0.5, 0.6) is 11.5 Å². The number of aldehydes is 1. The fourth-order valence-corrected chi connectivity index (χ4v) is 4.14. The number of hydrogen-bond donors (Lipinski definition) is 0. The van der Waals surface area contributed by atoms with Gasteiger partial charge in [0.25, 0.3) is 0 Å². The van der Waals surface area contributed by atoms with Gasteiger partial charge in [0, 0.05) is 18.8 Å². The number of carbonyl (C=O) groups excluding carboxylic acids is 1. The largest absolute Gasteiger partial charge is 0.496 e. The Bertz CT molecular complexity index is 746. The molecule has 2 atom stereocenters. The van der Waals surface area contributed by atoms with Crippen LogP contribution >= 0.6 is 15.9 Å².